The average molecular weight is 413 g/mol. The van der Waals surface area contributed by atoms with Gasteiger partial charge in [-0.1, -0.05) is 104 Å². The van der Waals surface area contributed by atoms with E-state index in [9.17, 15) is 4.79 Å². The van der Waals surface area contributed by atoms with Crippen molar-refractivity contribution in [1.29, 1.82) is 0 Å². The fourth-order valence-corrected chi connectivity index (χ4v) is 4.31. The first-order chi connectivity index (χ1) is 14.7. The van der Waals surface area contributed by atoms with Crippen molar-refractivity contribution in [1.82, 2.24) is 10.2 Å². The zero-order valence-electron chi connectivity index (χ0n) is 17.2. The molecule has 0 aliphatic rings. The summed E-state index contributed by atoms with van der Waals surface area (Å²) in [5.41, 5.74) is 3.92. The van der Waals surface area contributed by atoms with Gasteiger partial charge in [0.25, 0.3) is 0 Å². The van der Waals surface area contributed by atoms with Crippen LogP contribution in [-0.4, -0.2) is 21.7 Å². The van der Waals surface area contributed by atoms with Gasteiger partial charge < -0.3 is 0 Å². The summed E-state index contributed by atoms with van der Waals surface area (Å²) in [6, 6.07) is 26.2. The molecular weight excluding hydrogens is 388 g/mol. The molecule has 4 heteroatoms. The molecule has 4 rings (SSSR count). The van der Waals surface area contributed by atoms with Crippen molar-refractivity contribution in [2.45, 2.75) is 31.2 Å². The second-order valence-electron chi connectivity index (χ2n) is 7.41. The molecule has 30 heavy (non-hydrogen) atoms. The molecule has 0 radical (unpaired) electrons. The fourth-order valence-electron chi connectivity index (χ4n) is 3.45. The summed E-state index contributed by atoms with van der Waals surface area (Å²) in [6.07, 6.45) is 1.09. The van der Waals surface area contributed by atoms with Crippen molar-refractivity contribution < 1.29 is 4.79 Å². The number of carbonyl (C=O) groups is 1. The predicted octanol–water partition coefficient (Wildman–Crippen LogP) is 6.79. The third-order valence-electron chi connectivity index (χ3n) is 5.45. The number of nitrogens with zero attached hydrogens (tertiary/aromatic N) is 2. The summed E-state index contributed by atoms with van der Waals surface area (Å²) in [5.74, 6) is 0.952. The number of hydrogen-bond donors (Lipinski definition) is 0. The number of carbonyl (C=O) groups excluding carboxylic acids is 1. The van der Waals surface area contributed by atoms with Crippen LogP contribution in [0.15, 0.2) is 83.9 Å². The number of fused-ring (bicyclic) bond motifs is 1. The van der Waals surface area contributed by atoms with E-state index >= 15 is 0 Å². The van der Waals surface area contributed by atoms with Gasteiger partial charge in [-0.25, -0.2) is 0 Å². The van der Waals surface area contributed by atoms with E-state index in [0.29, 0.717) is 11.7 Å². The molecule has 3 nitrogen and oxygen atoms in total. The van der Waals surface area contributed by atoms with E-state index in [1.54, 1.807) is 0 Å². The van der Waals surface area contributed by atoms with Gasteiger partial charge in [-0.05, 0) is 17.9 Å². The molecule has 0 aliphatic heterocycles. The average Bonchev–Trinajstić information content (AvgIpc) is 2.82. The molecular formula is C26H24N2OS. The quantitative estimate of drug-likeness (QED) is 0.248. The Morgan fingerprint density at radius 1 is 0.867 bits per heavy atom. The topological polar surface area (TPSA) is 42.9 Å². The molecule has 0 fully saturated rings. The number of aromatic nitrogens is 2. The second-order valence-corrected chi connectivity index (χ2v) is 8.37. The van der Waals surface area contributed by atoms with Crippen LogP contribution in [-0.2, 0) is 0 Å². The van der Waals surface area contributed by atoms with Gasteiger partial charge >= 0.3 is 0 Å². The molecule has 1 atom stereocenters. The SMILES string of the molecule is CC[C@@H](C)c1ccc(C(=O)CSc2nnc(-c3ccccc3)c3ccccc23)cc1. The number of benzene rings is 3. The molecule has 1 heterocycles. The van der Waals surface area contributed by atoms with Crippen LogP contribution in [0.2, 0.25) is 0 Å². The highest BCUT2D eigenvalue weighted by atomic mass is 32.2. The number of thioether (sulfide) groups is 1. The van der Waals surface area contributed by atoms with Crippen LogP contribution in [0.3, 0.4) is 0 Å². The summed E-state index contributed by atoms with van der Waals surface area (Å²) < 4.78 is 0. The Morgan fingerprint density at radius 2 is 1.53 bits per heavy atom. The Balaban J connectivity index is 1.55. The highest BCUT2D eigenvalue weighted by Crippen LogP contribution is 2.32. The van der Waals surface area contributed by atoms with Gasteiger partial charge in [0, 0.05) is 21.9 Å². The Bertz CT molecular complexity index is 1160. The largest absolute Gasteiger partial charge is 0.293 e. The maximum Gasteiger partial charge on any atom is 0.173 e. The van der Waals surface area contributed by atoms with Gasteiger partial charge in [0.2, 0.25) is 0 Å². The van der Waals surface area contributed by atoms with Crippen LogP contribution >= 0.6 is 11.8 Å². The van der Waals surface area contributed by atoms with Gasteiger partial charge in [-0.3, -0.25) is 4.79 Å². The van der Waals surface area contributed by atoms with Crippen molar-refractivity contribution >= 4 is 28.3 Å². The van der Waals surface area contributed by atoms with Crippen molar-refractivity contribution in [3.05, 3.63) is 90.0 Å². The molecule has 3 aromatic carbocycles. The van der Waals surface area contributed by atoms with Gasteiger partial charge in [-0.15, -0.1) is 10.2 Å². The number of Topliss-reactive ketones (excluding diaryl/α,β-unsaturated/α-hetero) is 1. The Hall–Kier alpha value is -2.98. The molecule has 4 aromatic rings. The molecule has 0 spiro atoms. The van der Waals surface area contributed by atoms with E-state index in [0.717, 1.165) is 39.0 Å². The molecule has 0 saturated heterocycles. The van der Waals surface area contributed by atoms with Gasteiger partial charge in [0.15, 0.2) is 5.78 Å². The standard InChI is InChI=1S/C26H24N2OS/c1-3-18(2)19-13-15-20(16-14-19)24(29)17-30-26-23-12-8-7-11-22(23)25(27-28-26)21-9-5-4-6-10-21/h4-16,18H,3,17H2,1-2H3/t18-/m1/s1. The van der Waals surface area contributed by atoms with Gasteiger partial charge in [-0.2, -0.15) is 0 Å². The van der Waals surface area contributed by atoms with Gasteiger partial charge in [0.05, 0.1) is 5.75 Å². The summed E-state index contributed by atoms with van der Waals surface area (Å²) in [5, 5.41) is 11.8. The lowest BCUT2D eigenvalue weighted by molar-refractivity contribution is 0.102. The Morgan fingerprint density at radius 3 is 2.23 bits per heavy atom. The van der Waals surface area contributed by atoms with E-state index in [-0.39, 0.29) is 5.78 Å². The predicted molar refractivity (Wildman–Crippen MR) is 125 cm³/mol. The third kappa shape index (κ3) is 4.29. The summed E-state index contributed by atoms with van der Waals surface area (Å²) in [6.45, 7) is 4.38. The second kappa shape index (κ2) is 9.23. The third-order valence-corrected chi connectivity index (χ3v) is 6.44. The van der Waals surface area contributed by atoms with Gasteiger partial charge in [0.1, 0.15) is 10.7 Å². The Labute approximate surface area is 181 Å². The van der Waals surface area contributed by atoms with Crippen molar-refractivity contribution in [2.24, 2.45) is 0 Å². The molecule has 150 valence electrons. The van der Waals surface area contributed by atoms with Crippen LogP contribution < -0.4 is 0 Å². The molecule has 0 bridgehead atoms. The number of hydrogen-bond acceptors (Lipinski definition) is 4. The minimum absolute atomic E-state index is 0.105. The lowest BCUT2D eigenvalue weighted by Crippen LogP contribution is -2.04. The smallest absolute Gasteiger partial charge is 0.173 e. The van der Waals surface area contributed by atoms with Crippen molar-refractivity contribution in [3.8, 4) is 11.3 Å². The van der Waals surface area contributed by atoms with E-state index in [2.05, 4.69) is 42.2 Å². The first-order valence-corrected chi connectivity index (χ1v) is 11.2. The highest BCUT2D eigenvalue weighted by Gasteiger charge is 2.14. The lowest BCUT2D eigenvalue weighted by atomic mass is 9.97. The summed E-state index contributed by atoms with van der Waals surface area (Å²) >= 11 is 1.45. The lowest BCUT2D eigenvalue weighted by Gasteiger charge is -2.10. The fraction of sp³-hybridized carbons (Fsp3) is 0.192. The first-order valence-electron chi connectivity index (χ1n) is 10.2. The minimum atomic E-state index is 0.105. The van der Waals surface area contributed by atoms with Crippen LogP contribution in [0.1, 0.15) is 42.1 Å². The molecule has 0 amide bonds. The maximum absolute atomic E-state index is 12.7. The molecule has 0 unspecified atom stereocenters. The van der Waals surface area contributed by atoms with E-state index < -0.39 is 0 Å². The molecule has 1 aromatic heterocycles. The first kappa shape index (κ1) is 20.3. The monoisotopic (exact) mass is 412 g/mol. The van der Waals surface area contributed by atoms with Crippen LogP contribution in [0.25, 0.3) is 22.0 Å². The van der Waals surface area contributed by atoms with E-state index in [1.165, 1.54) is 17.3 Å². The van der Waals surface area contributed by atoms with E-state index in [4.69, 9.17) is 0 Å². The van der Waals surface area contributed by atoms with Crippen LogP contribution in [0, 0.1) is 0 Å². The Kier molecular flexibility index (Phi) is 6.24. The normalized spacial score (nSPS) is 12.1. The number of ketones is 1. The molecule has 0 N–H and O–H groups in total. The van der Waals surface area contributed by atoms with Crippen molar-refractivity contribution in [2.75, 3.05) is 5.75 Å². The van der Waals surface area contributed by atoms with Crippen molar-refractivity contribution in [3.63, 3.8) is 0 Å². The van der Waals surface area contributed by atoms with E-state index in [1.807, 2.05) is 60.7 Å². The maximum atomic E-state index is 12.7. The summed E-state index contributed by atoms with van der Waals surface area (Å²) in [7, 11) is 0. The molecule has 0 saturated carbocycles. The van der Waals surface area contributed by atoms with Crippen LogP contribution in [0.5, 0.6) is 0 Å². The zero-order chi connectivity index (χ0) is 20.9. The van der Waals surface area contributed by atoms with Crippen LogP contribution in [0.4, 0.5) is 0 Å². The minimum Gasteiger partial charge on any atom is -0.293 e. The zero-order valence-corrected chi connectivity index (χ0v) is 18.0. The summed E-state index contributed by atoms with van der Waals surface area (Å²) in [4.78, 5) is 12.7. The number of rotatable bonds is 7. The highest BCUT2D eigenvalue weighted by molar-refractivity contribution is 8.00. The molecule has 0 aliphatic carbocycles.